The van der Waals surface area contributed by atoms with E-state index in [9.17, 15) is 9.59 Å². The van der Waals surface area contributed by atoms with E-state index in [0.29, 0.717) is 13.2 Å². The molecule has 2 aliphatic rings. The molecule has 2 fully saturated rings. The van der Waals surface area contributed by atoms with Crippen molar-refractivity contribution in [3.63, 3.8) is 0 Å². The Labute approximate surface area is 203 Å². The highest BCUT2D eigenvalue weighted by Gasteiger charge is 2.36. The second kappa shape index (κ2) is 10.7. The number of hydrogen-bond acceptors (Lipinski definition) is 6. The van der Waals surface area contributed by atoms with Crippen LogP contribution in [0.3, 0.4) is 0 Å². The third-order valence-electron chi connectivity index (χ3n) is 6.77. The van der Waals surface area contributed by atoms with Gasteiger partial charge in [0.2, 0.25) is 11.8 Å². The van der Waals surface area contributed by atoms with Crippen molar-refractivity contribution in [2.24, 2.45) is 0 Å². The summed E-state index contributed by atoms with van der Waals surface area (Å²) in [5.41, 5.74) is 1.54. The lowest BCUT2D eigenvalue weighted by Crippen LogP contribution is -2.49. The first kappa shape index (κ1) is 23.0. The van der Waals surface area contributed by atoms with Crippen LogP contribution in [0.15, 0.2) is 41.8 Å². The van der Waals surface area contributed by atoms with E-state index in [2.05, 4.69) is 15.6 Å². The van der Waals surface area contributed by atoms with Gasteiger partial charge >= 0.3 is 0 Å². The Bertz CT molecular complexity index is 1100. The van der Waals surface area contributed by atoms with Crippen molar-refractivity contribution in [1.82, 2.24) is 25.2 Å². The van der Waals surface area contributed by atoms with Crippen LogP contribution in [0.1, 0.15) is 55.9 Å². The largest absolute Gasteiger partial charge is 0.376 e. The number of rotatable bonds is 8. The molecule has 1 aliphatic heterocycles. The Morgan fingerprint density at radius 1 is 1.12 bits per heavy atom. The number of para-hydroxylation sites is 1. The first-order chi connectivity index (χ1) is 16.7. The summed E-state index contributed by atoms with van der Waals surface area (Å²) in [5.74, 6) is -0.271. The average molecular weight is 482 g/mol. The lowest BCUT2D eigenvalue weighted by Gasteiger charge is -2.34. The third-order valence-corrected chi connectivity index (χ3v) is 7.70. The van der Waals surface area contributed by atoms with Crippen molar-refractivity contribution in [3.8, 4) is 0 Å². The molecule has 2 atom stereocenters. The van der Waals surface area contributed by atoms with E-state index in [4.69, 9.17) is 4.74 Å². The summed E-state index contributed by atoms with van der Waals surface area (Å²) in [4.78, 5) is 30.0. The molecule has 2 amide bonds. The third kappa shape index (κ3) is 5.15. The van der Waals surface area contributed by atoms with Gasteiger partial charge in [-0.25, -0.2) is 4.68 Å². The summed E-state index contributed by atoms with van der Waals surface area (Å²) in [7, 11) is 0. The van der Waals surface area contributed by atoms with Crippen molar-refractivity contribution in [2.45, 2.75) is 69.7 Å². The minimum absolute atomic E-state index is 0.0197. The fraction of sp³-hybridized carbons (Fsp3) is 0.520. The lowest BCUT2D eigenvalue weighted by molar-refractivity contribution is -0.143. The molecule has 0 spiro atoms. The molecule has 8 nitrogen and oxygen atoms in total. The SMILES string of the molecule is O=C(NC1CCCCC1)C(c1cccs1)N(CC1CCCO1)C(=O)Cn1nnc2ccccc21. The van der Waals surface area contributed by atoms with Crippen LogP contribution in [0.5, 0.6) is 0 Å². The van der Waals surface area contributed by atoms with Crippen molar-refractivity contribution < 1.29 is 14.3 Å². The van der Waals surface area contributed by atoms with Crippen LogP contribution in [-0.4, -0.2) is 57.0 Å². The van der Waals surface area contributed by atoms with Crippen molar-refractivity contribution in [3.05, 3.63) is 46.7 Å². The molecule has 1 aliphatic carbocycles. The normalized spacial score (nSPS) is 19.8. The molecule has 0 radical (unpaired) electrons. The number of carbonyl (C=O) groups excluding carboxylic acids is 2. The number of thiophene rings is 1. The Kier molecular flexibility index (Phi) is 7.20. The van der Waals surface area contributed by atoms with Crippen molar-refractivity contribution in [1.29, 1.82) is 0 Å². The average Bonchev–Trinajstić information content (AvgIpc) is 3.63. The summed E-state index contributed by atoms with van der Waals surface area (Å²) in [6, 6.07) is 10.9. The second-order valence-electron chi connectivity index (χ2n) is 9.18. The van der Waals surface area contributed by atoms with E-state index in [1.807, 2.05) is 41.8 Å². The van der Waals surface area contributed by atoms with E-state index in [1.54, 1.807) is 9.58 Å². The highest BCUT2D eigenvalue weighted by Crippen LogP contribution is 2.29. The molecule has 1 aromatic carbocycles. The van der Waals surface area contributed by atoms with Gasteiger partial charge < -0.3 is 15.0 Å². The molecule has 1 saturated heterocycles. The minimum atomic E-state index is -0.687. The van der Waals surface area contributed by atoms with Gasteiger partial charge in [-0.3, -0.25) is 9.59 Å². The van der Waals surface area contributed by atoms with Gasteiger partial charge in [0.15, 0.2) is 0 Å². The fourth-order valence-electron chi connectivity index (χ4n) is 5.01. The number of aromatic nitrogens is 3. The first-order valence-corrected chi connectivity index (χ1v) is 13.1. The highest BCUT2D eigenvalue weighted by molar-refractivity contribution is 7.10. The fourth-order valence-corrected chi connectivity index (χ4v) is 5.84. The van der Waals surface area contributed by atoms with Gasteiger partial charge in [-0.05, 0) is 49.3 Å². The maximum absolute atomic E-state index is 13.8. The molecule has 1 N–H and O–H groups in total. The summed E-state index contributed by atoms with van der Waals surface area (Å²) in [6.07, 6.45) is 7.26. The van der Waals surface area contributed by atoms with Crippen LogP contribution in [0, 0.1) is 0 Å². The maximum atomic E-state index is 13.8. The molecule has 0 bridgehead atoms. The second-order valence-corrected chi connectivity index (χ2v) is 10.2. The van der Waals surface area contributed by atoms with Gasteiger partial charge in [0.05, 0.1) is 11.6 Å². The number of ether oxygens (including phenoxy) is 1. The van der Waals surface area contributed by atoms with E-state index in [-0.39, 0.29) is 30.5 Å². The van der Waals surface area contributed by atoms with Crippen molar-refractivity contribution in [2.75, 3.05) is 13.2 Å². The summed E-state index contributed by atoms with van der Waals surface area (Å²) >= 11 is 1.51. The zero-order valence-electron chi connectivity index (χ0n) is 19.3. The molecular formula is C25H31N5O3S. The molecule has 3 heterocycles. The Balaban J connectivity index is 1.43. The standard InChI is InChI=1S/C25H31N5O3S/c31-23(17-30-21-12-5-4-11-20(21)27-28-30)29(16-19-10-6-14-33-19)24(22-13-7-15-34-22)25(32)26-18-8-2-1-3-9-18/h4-5,7,11-13,15,18-19,24H,1-3,6,8-10,14,16-17H2,(H,26,32). The number of carbonyl (C=O) groups is 2. The number of benzene rings is 1. The Morgan fingerprint density at radius 3 is 2.74 bits per heavy atom. The zero-order valence-corrected chi connectivity index (χ0v) is 20.1. The topological polar surface area (TPSA) is 89.4 Å². The molecule has 2 unspecified atom stereocenters. The van der Waals surface area contributed by atoms with Gasteiger partial charge in [0, 0.05) is 24.1 Å². The Morgan fingerprint density at radius 2 is 1.97 bits per heavy atom. The predicted molar refractivity (Wildman–Crippen MR) is 130 cm³/mol. The molecular weight excluding hydrogens is 450 g/mol. The van der Waals surface area contributed by atoms with Gasteiger partial charge in [-0.15, -0.1) is 16.4 Å². The number of hydrogen-bond donors (Lipinski definition) is 1. The monoisotopic (exact) mass is 481 g/mol. The lowest BCUT2D eigenvalue weighted by atomic mass is 9.95. The van der Waals surface area contributed by atoms with Crippen LogP contribution in [0.25, 0.3) is 11.0 Å². The number of fused-ring (bicyclic) bond motifs is 1. The molecule has 5 rings (SSSR count). The van der Waals surface area contributed by atoms with E-state index in [0.717, 1.165) is 54.4 Å². The number of amides is 2. The maximum Gasteiger partial charge on any atom is 0.248 e. The quantitative estimate of drug-likeness (QED) is 0.530. The smallest absolute Gasteiger partial charge is 0.248 e. The van der Waals surface area contributed by atoms with Crippen LogP contribution in [0.2, 0.25) is 0 Å². The van der Waals surface area contributed by atoms with E-state index in [1.165, 1.54) is 17.8 Å². The van der Waals surface area contributed by atoms with E-state index >= 15 is 0 Å². The Hall–Kier alpha value is -2.78. The predicted octanol–water partition coefficient (Wildman–Crippen LogP) is 3.69. The van der Waals surface area contributed by atoms with Crippen LogP contribution < -0.4 is 5.32 Å². The number of nitrogens with one attached hydrogen (secondary N) is 1. The minimum Gasteiger partial charge on any atom is -0.376 e. The van der Waals surface area contributed by atoms with E-state index < -0.39 is 6.04 Å². The molecule has 3 aromatic rings. The van der Waals surface area contributed by atoms with Crippen LogP contribution in [0.4, 0.5) is 0 Å². The van der Waals surface area contributed by atoms with Gasteiger partial charge in [-0.1, -0.05) is 42.7 Å². The van der Waals surface area contributed by atoms with Gasteiger partial charge in [-0.2, -0.15) is 0 Å². The molecule has 2 aromatic heterocycles. The van der Waals surface area contributed by atoms with Gasteiger partial charge in [0.25, 0.3) is 0 Å². The van der Waals surface area contributed by atoms with Crippen LogP contribution >= 0.6 is 11.3 Å². The molecule has 9 heteroatoms. The number of nitrogens with zero attached hydrogens (tertiary/aromatic N) is 4. The van der Waals surface area contributed by atoms with Crippen LogP contribution in [-0.2, 0) is 20.9 Å². The molecule has 180 valence electrons. The summed E-state index contributed by atoms with van der Waals surface area (Å²) < 4.78 is 7.50. The van der Waals surface area contributed by atoms with Gasteiger partial charge in [0.1, 0.15) is 18.1 Å². The zero-order chi connectivity index (χ0) is 23.3. The van der Waals surface area contributed by atoms with Crippen molar-refractivity contribution >= 4 is 34.2 Å². The molecule has 1 saturated carbocycles. The molecule has 34 heavy (non-hydrogen) atoms. The first-order valence-electron chi connectivity index (χ1n) is 12.2. The summed E-state index contributed by atoms with van der Waals surface area (Å²) in [6.45, 7) is 1.09. The highest BCUT2D eigenvalue weighted by atomic mass is 32.1. The summed E-state index contributed by atoms with van der Waals surface area (Å²) in [5, 5.41) is 13.6.